The Labute approximate surface area is 172 Å². The summed E-state index contributed by atoms with van der Waals surface area (Å²) in [6.07, 6.45) is 7.14. The van der Waals surface area contributed by atoms with Gasteiger partial charge in [-0.1, -0.05) is 73.5 Å². The van der Waals surface area contributed by atoms with Crippen molar-refractivity contribution >= 4 is 6.09 Å². The molecule has 2 aliphatic heterocycles. The molecule has 1 amide bonds. The minimum Gasteiger partial charge on any atom is -0.447 e. The predicted octanol–water partition coefficient (Wildman–Crippen LogP) is 5.57. The fourth-order valence-electron chi connectivity index (χ4n) is 5.24. The summed E-state index contributed by atoms with van der Waals surface area (Å²) in [5, 5.41) is 0. The summed E-state index contributed by atoms with van der Waals surface area (Å²) in [5.74, 6) is 0.420. The van der Waals surface area contributed by atoms with Crippen LogP contribution in [0.3, 0.4) is 0 Å². The van der Waals surface area contributed by atoms with Crippen molar-refractivity contribution in [1.29, 1.82) is 0 Å². The third-order valence-corrected chi connectivity index (χ3v) is 6.64. The van der Waals surface area contributed by atoms with Crippen molar-refractivity contribution in [2.45, 2.75) is 43.8 Å². The minimum absolute atomic E-state index is 0.154. The molecule has 3 atom stereocenters. The van der Waals surface area contributed by atoms with E-state index in [1.807, 2.05) is 12.3 Å². The quantitative estimate of drug-likeness (QED) is 0.689. The molecule has 2 aromatic carbocycles. The third-order valence-electron chi connectivity index (χ3n) is 6.64. The summed E-state index contributed by atoms with van der Waals surface area (Å²) in [4.78, 5) is 13.8. The maximum absolute atomic E-state index is 12.1. The van der Waals surface area contributed by atoms with E-state index in [2.05, 4.69) is 54.6 Å². The molecule has 0 unspecified atom stereocenters. The zero-order valence-corrected chi connectivity index (χ0v) is 16.6. The Bertz CT molecular complexity index is 895. The van der Waals surface area contributed by atoms with Crippen molar-refractivity contribution in [2.75, 3.05) is 13.2 Å². The summed E-state index contributed by atoms with van der Waals surface area (Å²) in [5.41, 5.74) is 3.34. The maximum Gasteiger partial charge on any atom is 0.413 e. The standard InChI is InChI=1S/C25H27NO3/c27-24-26(15-16-28-24)18-20-17-22-13-7-8-14-25(22,21-11-5-2-6-12-21)29-23(20)19-9-3-1-4-10-19/h1-6,9-12,18,22-23H,7-8,13-17H2/b20-18-/t22-,23+,25+/m0/s1. The Kier molecular flexibility index (Phi) is 4.88. The SMILES string of the molecule is O=C1OCCN1/C=C1/C[C@@H]2CCCC[C@]2(c2ccccc2)O[C@@H]1c1ccccc1. The van der Waals surface area contributed by atoms with Crippen molar-refractivity contribution < 1.29 is 14.3 Å². The summed E-state index contributed by atoms with van der Waals surface area (Å²) >= 11 is 0. The van der Waals surface area contributed by atoms with Crippen molar-refractivity contribution in [1.82, 2.24) is 4.90 Å². The molecule has 150 valence electrons. The third kappa shape index (κ3) is 3.36. The van der Waals surface area contributed by atoms with E-state index in [1.165, 1.54) is 24.0 Å². The molecule has 0 bridgehead atoms. The zero-order chi connectivity index (χ0) is 19.7. The molecule has 0 radical (unpaired) electrons. The lowest BCUT2D eigenvalue weighted by atomic mass is 9.66. The first kappa shape index (κ1) is 18.4. The van der Waals surface area contributed by atoms with Crippen LogP contribution in [-0.2, 0) is 15.1 Å². The second kappa shape index (κ2) is 7.68. The van der Waals surface area contributed by atoms with Crippen LogP contribution in [0.4, 0.5) is 4.79 Å². The second-order valence-electron chi connectivity index (χ2n) is 8.32. The highest BCUT2D eigenvalue weighted by atomic mass is 16.6. The van der Waals surface area contributed by atoms with Gasteiger partial charge in [0.2, 0.25) is 0 Å². The molecule has 2 heterocycles. The molecule has 5 rings (SSSR count). The number of benzene rings is 2. The molecular weight excluding hydrogens is 362 g/mol. The minimum atomic E-state index is -0.261. The number of nitrogens with zero attached hydrogens (tertiary/aromatic N) is 1. The van der Waals surface area contributed by atoms with E-state index in [-0.39, 0.29) is 17.8 Å². The van der Waals surface area contributed by atoms with Crippen molar-refractivity contribution in [3.05, 3.63) is 83.6 Å². The Morgan fingerprint density at radius 3 is 2.48 bits per heavy atom. The van der Waals surface area contributed by atoms with E-state index in [0.717, 1.165) is 24.8 Å². The van der Waals surface area contributed by atoms with Gasteiger partial charge in [0, 0.05) is 6.20 Å². The first-order valence-corrected chi connectivity index (χ1v) is 10.7. The van der Waals surface area contributed by atoms with E-state index in [0.29, 0.717) is 19.1 Å². The highest BCUT2D eigenvalue weighted by Crippen LogP contribution is 2.55. The molecular formula is C25H27NO3. The number of hydrogen-bond donors (Lipinski definition) is 0. The fourth-order valence-corrected chi connectivity index (χ4v) is 5.24. The topological polar surface area (TPSA) is 38.8 Å². The lowest BCUT2D eigenvalue weighted by Gasteiger charge is -2.51. The molecule has 29 heavy (non-hydrogen) atoms. The molecule has 0 spiro atoms. The number of amides is 1. The van der Waals surface area contributed by atoms with Gasteiger partial charge in [-0.25, -0.2) is 4.79 Å². The number of carbonyl (C=O) groups is 1. The smallest absolute Gasteiger partial charge is 0.413 e. The van der Waals surface area contributed by atoms with Crippen LogP contribution in [0.25, 0.3) is 0 Å². The van der Waals surface area contributed by atoms with Gasteiger partial charge in [0.1, 0.15) is 12.7 Å². The van der Waals surface area contributed by atoms with E-state index in [9.17, 15) is 4.79 Å². The van der Waals surface area contributed by atoms with E-state index in [1.54, 1.807) is 4.90 Å². The number of ether oxygens (including phenoxy) is 2. The lowest BCUT2D eigenvalue weighted by molar-refractivity contribution is -0.166. The second-order valence-corrected chi connectivity index (χ2v) is 8.32. The molecule has 3 aliphatic rings. The maximum atomic E-state index is 12.1. The fraction of sp³-hybridized carbons (Fsp3) is 0.400. The first-order chi connectivity index (χ1) is 14.3. The number of fused-ring (bicyclic) bond motifs is 1. The predicted molar refractivity (Wildman–Crippen MR) is 111 cm³/mol. The van der Waals surface area contributed by atoms with Gasteiger partial charge in [-0.15, -0.1) is 0 Å². The summed E-state index contributed by atoms with van der Waals surface area (Å²) in [7, 11) is 0. The Morgan fingerprint density at radius 2 is 1.76 bits per heavy atom. The molecule has 0 N–H and O–H groups in total. The molecule has 4 nitrogen and oxygen atoms in total. The average Bonchev–Trinajstić information content (AvgIpc) is 3.19. The molecule has 2 aromatic rings. The van der Waals surface area contributed by atoms with Crippen molar-refractivity contribution in [3.63, 3.8) is 0 Å². The average molecular weight is 389 g/mol. The summed E-state index contributed by atoms with van der Waals surface area (Å²) in [6.45, 7) is 1.06. The van der Waals surface area contributed by atoms with Gasteiger partial charge < -0.3 is 9.47 Å². The van der Waals surface area contributed by atoms with E-state index in [4.69, 9.17) is 9.47 Å². The number of cyclic esters (lactones) is 1. The van der Waals surface area contributed by atoms with Gasteiger partial charge in [0.25, 0.3) is 0 Å². The molecule has 1 saturated carbocycles. The molecule has 4 heteroatoms. The number of rotatable bonds is 3. The van der Waals surface area contributed by atoms with Gasteiger partial charge in [0.15, 0.2) is 0 Å². The Morgan fingerprint density at radius 1 is 1.00 bits per heavy atom. The molecule has 1 aliphatic carbocycles. The van der Waals surface area contributed by atoms with Crippen LogP contribution in [0.5, 0.6) is 0 Å². The van der Waals surface area contributed by atoms with Gasteiger partial charge in [0.05, 0.1) is 12.1 Å². The van der Waals surface area contributed by atoms with E-state index < -0.39 is 0 Å². The Balaban J connectivity index is 1.58. The van der Waals surface area contributed by atoms with Crippen LogP contribution in [0.2, 0.25) is 0 Å². The molecule has 2 saturated heterocycles. The molecule has 3 fully saturated rings. The normalized spacial score (nSPS) is 30.8. The first-order valence-electron chi connectivity index (χ1n) is 10.7. The summed E-state index contributed by atoms with van der Waals surface area (Å²) in [6, 6.07) is 21.1. The largest absolute Gasteiger partial charge is 0.447 e. The molecule has 0 aromatic heterocycles. The van der Waals surface area contributed by atoms with Crippen LogP contribution >= 0.6 is 0 Å². The van der Waals surface area contributed by atoms with Crippen LogP contribution in [0, 0.1) is 5.92 Å². The monoisotopic (exact) mass is 389 g/mol. The summed E-state index contributed by atoms with van der Waals surface area (Å²) < 4.78 is 12.2. The van der Waals surface area contributed by atoms with Crippen LogP contribution in [-0.4, -0.2) is 24.1 Å². The van der Waals surface area contributed by atoms with E-state index >= 15 is 0 Å². The van der Waals surface area contributed by atoms with Crippen molar-refractivity contribution in [3.8, 4) is 0 Å². The van der Waals surface area contributed by atoms with Crippen LogP contribution < -0.4 is 0 Å². The van der Waals surface area contributed by atoms with Crippen LogP contribution in [0.1, 0.15) is 49.3 Å². The zero-order valence-electron chi connectivity index (χ0n) is 16.6. The van der Waals surface area contributed by atoms with Gasteiger partial charge in [-0.05, 0) is 41.9 Å². The van der Waals surface area contributed by atoms with Crippen molar-refractivity contribution in [2.24, 2.45) is 5.92 Å². The van der Waals surface area contributed by atoms with Gasteiger partial charge in [-0.3, -0.25) is 4.90 Å². The van der Waals surface area contributed by atoms with Crippen LogP contribution in [0.15, 0.2) is 72.4 Å². The highest BCUT2D eigenvalue weighted by Gasteiger charge is 2.49. The number of carbonyl (C=O) groups excluding carboxylic acids is 1. The van der Waals surface area contributed by atoms with Gasteiger partial charge >= 0.3 is 6.09 Å². The number of hydrogen-bond acceptors (Lipinski definition) is 3. The highest BCUT2D eigenvalue weighted by molar-refractivity contribution is 5.70. The lowest BCUT2D eigenvalue weighted by Crippen LogP contribution is -2.46. The Hall–Kier alpha value is -2.59. The van der Waals surface area contributed by atoms with Gasteiger partial charge in [-0.2, -0.15) is 0 Å².